The summed E-state index contributed by atoms with van der Waals surface area (Å²) in [4.78, 5) is 13.7. The molecule has 0 fully saturated rings. The molecule has 0 aliphatic carbocycles. The number of aliphatic hydroxyl groups is 1. The second kappa shape index (κ2) is 4.14. The van der Waals surface area contributed by atoms with Crippen molar-refractivity contribution in [1.29, 1.82) is 0 Å². The number of anilines is 2. The second-order valence-corrected chi connectivity index (χ2v) is 3.92. The Labute approximate surface area is 94.9 Å². The maximum absolute atomic E-state index is 11.9. The number of nitrogens with zero attached hydrogens (tertiary/aromatic N) is 1. The van der Waals surface area contributed by atoms with Crippen molar-refractivity contribution in [2.45, 2.75) is 26.5 Å². The fourth-order valence-corrected chi connectivity index (χ4v) is 2.07. The Morgan fingerprint density at radius 3 is 2.88 bits per heavy atom. The zero-order valence-corrected chi connectivity index (χ0v) is 9.53. The van der Waals surface area contributed by atoms with Crippen molar-refractivity contribution in [3.05, 3.63) is 23.8 Å². The van der Waals surface area contributed by atoms with E-state index >= 15 is 0 Å². The summed E-state index contributed by atoms with van der Waals surface area (Å²) in [5.74, 6) is 0.0742. The average Bonchev–Trinajstić information content (AvgIpc) is 2.30. The predicted molar refractivity (Wildman–Crippen MR) is 63.5 cm³/mol. The Hall–Kier alpha value is -1.55. The Morgan fingerprint density at radius 1 is 1.50 bits per heavy atom. The molecule has 0 aromatic heterocycles. The molecule has 0 saturated heterocycles. The van der Waals surface area contributed by atoms with E-state index in [0.29, 0.717) is 6.54 Å². The number of hydrogen-bond donors (Lipinski definition) is 2. The van der Waals surface area contributed by atoms with E-state index in [9.17, 15) is 9.90 Å². The Balaban J connectivity index is 2.53. The van der Waals surface area contributed by atoms with Crippen molar-refractivity contribution in [2.75, 3.05) is 16.8 Å². The molecule has 1 heterocycles. The molecule has 1 amide bonds. The van der Waals surface area contributed by atoms with Crippen molar-refractivity contribution in [2.24, 2.45) is 0 Å². The highest BCUT2D eigenvalue weighted by atomic mass is 16.3. The number of para-hydroxylation sites is 1. The van der Waals surface area contributed by atoms with Gasteiger partial charge in [0.2, 0.25) is 5.91 Å². The lowest BCUT2D eigenvalue weighted by Crippen LogP contribution is -2.45. The zero-order valence-electron chi connectivity index (χ0n) is 9.53. The summed E-state index contributed by atoms with van der Waals surface area (Å²) in [5.41, 5.74) is 2.56. The van der Waals surface area contributed by atoms with Gasteiger partial charge in [-0.2, -0.15) is 0 Å². The van der Waals surface area contributed by atoms with Crippen LogP contribution in [0.3, 0.4) is 0 Å². The van der Waals surface area contributed by atoms with Crippen molar-refractivity contribution in [3.8, 4) is 0 Å². The Kier molecular flexibility index (Phi) is 2.83. The first kappa shape index (κ1) is 11.0. The number of rotatable bonds is 2. The van der Waals surface area contributed by atoms with Crippen molar-refractivity contribution in [1.82, 2.24) is 0 Å². The number of amides is 1. The van der Waals surface area contributed by atoms with Gasteiger partial charge in [-0.15, -0.1) is 0 Å². The largest absolute Gasteiger partial charge is 0.392 e. The maximum Gasteiger partial charge on any atom is 0.249 e. The highest BCUT2D eigenvalue weighted by molar-refractivity contribution is 6.05. The molecule has 86 valence electrons. The van der Waals surface area contributed by atoms with Gasteiger partial charge in [-0.3, -0.25) is 4.79 Å². The van der Waals surface area contributed by atoms with Crippen molar-refractivity contribution < 1.29 is 9.90 Å². The quantitative estimate of drug-likeness (QED) is 0.791. The molecule has 2 rings (SSSR count). The molecule has 0 spiro atoms. The van der Waals surface area contributed by atoms with Crippen molar-refractivity contribution in [3.63, 3.8) is 0 Å². The van der Waals surface area contributed by atoms with Crippen LogP contribution in [0.25, 0.3) is 0 Å². The first-order chi connectivity index (χ1) is 7.69. The van der Waals surface area contributed by atoms with Gasteiger partial charge in [-0.1, -0.05) is 12.1 Å². The molecule has 0 bridgehead atoms. The molecule has 0 saturated carbocycles. The van der Waals surface area contributed by atoms with E-state index in [4.69, 9.17) is 0 Å². The molecule has 1 aromatic carbocycles. The van der Waals surface area contributed by atoms with E-state index in [0.717, 1.165) is 16.9 Å². The topological polar surface area (TPSA) is 52.6 Å². The normalized spacial score (nSPS) is 19.3. The first-order valence-electron chi connectivity index (χ1n) is 5.49. The molecule has 1 aliphatic heterocycles. The van der Waals surface area contributed by atoms with Gasteiger partial charge in [0.25, 0.3) is 0 Å². The number of fused-ring (bicyclic) bond motifs is 1. The van der Waals surface area contributed by atoms with Gasteiger partial charge in [0.1, 0.15) is 6.04 Å². The lowest BCUT2D eigenvalue weighted by molar-refractivity contribution is -0.119. The number of carbonyl (C=O) groups is 1. The summed E-state index contributed by atoms with van der Waals surface area (Å²) < 4.78 is 0. The molecule has 16 heavy (non-hydrogen) atoms. The van der Waals surface area contributed by atoms with Crippen LogP contribution in [-0.2, 0) is 11.4 Å². The predicted octanol–water partition coefficient (Wildman–Crippen LogP) is 1.35. The molecule has 1 aliphatic rings. The average molecular weight is 220 g/mol. The number of carbonyl (C=O) groups excluding carboxylic acids is 1. The van der Waals surface area contributed by atoms with Gasteiger partial charge in [-0.25, -0.2) is 0 Å². The highest BCUT2D eigenvalue weighted by Gasteiger charge is 2.29. The van der Waals surface area contributed by atoms with Crippen LogP contribution in [-0.4, -0.2) is 23.6 Å². The molecule has 0 radical (unpaired) electrons. The standard InChI is InChI=1S/C12H16N2O2/c1-3-14-10-6-4-5-9(7-15)11(10)13-8(2)12(14)16/h4-6,8,13,15H,3,7H2,1-2H3. The minimum Gasteiger partial charge on any atom is -0.392 e. The number of nitrogens with one attached hydrogen (secondary N) is 1. The Bertz CT molecular complexity index is 417. The molecule has 1 aromatic rings. The highest BCUT2D eigenvalue weighted by Crippen LogP contribution is 2.34. The number of hydrogen-bond acceptors (Lipinski definition) is 3. The molecular formula is C12H16N2O2. The van der Waals surface area contributed by atoms with Gasteiger partial charge in [0.15, 0.2) is 0 Å². The summed E-state index contributed by atoms with van der Waals surface area (Å²) in [6, 6.07) is 5.38. The fraction of sp³-hybridized carbons (Fsp3) is 0.417. The smallest absolute Gasteiger partial charge is 0.249 e. The van der Waals surface area contributed by atoms with Gasteiger partial charge in [-0.05, 0) is 19.9 Å². The van der Waals surface area contributed by atoms with Crippen LogP contribution in [0, 0.1) is 0 Å². The number of aliphatic hydroxyl groups excluding tert-OH is 1. The van der Waals surface area contributed by atoms with Gasteiger partial charge < -0.3 is 15.3 Å². The summed E-state index contributed by atoms with van der Waals surface area (Å²) >= 11 is 0. The maximum atomic E-state index is 11.9. The Morgan fingerprint density at radius 2 is 2.25 bits per heavy atom. The van der Waals surface area contributed by atoms with Crippen LogP contribution in [0.4, 0.5) is 11.4 Å². The SMILES string of the molecule is CCN1C(=O)C(C)Nc2c(CO)cccc21. The van der Waals surface area contributed by atoms with Crippen LogP contribution >= 0.6 is 0 Å². The van der Waals surface area contributed by atoms with E-state index in [1.807, 2.05) is 32.0 Å². The summed E-state index contributed by atoms with van der Waals surface area (Å²) in [5, 5.41) is 12.4. The van der Waals surface area contributed by atoms with Gasteiger partial charge in [0.05, 0.1) is 18.0 Å². The number of likely N-dealkylation sites (N-methyl/N-ethyl adjacent to an activating group) is 1. The van der Waals surface area contributed by atoms with Crippen LogP contribution in [0.15, 0.2) is 18.2 Å². The van der Waals surface area contributed by atoms with Crippen LogP contribution in [0.1, 0.15) is 19.4 Å². The zero-order chi connectivity index (χ0) is 11.7. The third-order valence-corrected chi connectivity index (χ3v) is 2.90. The van der Waals surface area contributed by atoms with Crippen molar-refractivity contribution >= 4 is 17.3 Å². The summed E-state index contributed by atoms with van der Waals surface area (Å²) in [6.45, 7) is 4.41. The first-order valence-corrected chi connectivity index (χ1v) is 5.49. The monoisotopic (exact) mass is 220 g/mol. The van der Waals surface area contributed by atoms with Crippen LogP contribution < -0.4 is 10.2 Å². The van der Waals surface area contributed by atoms with E-state index in [-0.39, 0.29) is 18.6 Å². The van der Waals surface area contributed by atoms with E-state index in [1.165, 1.54) is 0 Å². The van der Waals surface area contributed by atoms with Gasteiger partial charge >= 0.3 is 0 Å². The van der Waals surface area contributed by atoms with E-state index < -0.39 is 0 Å². The van der Waals surface area contributed by atoms with Crippen LogP contribution in [0.2, 0.25) is 0 Å². The molecule has 4 nitrogen and oxygen atoms in total. The van der Waals surface area contributed by atoms with Crippen LogP contribution in [0.5, 0.6) is 0 Å². The third-order valence-electron chi connectivity index (χ3n) is 2.90. The lowest BCUT2D eigenvalue weighted by atomic mass is 10.1. The van der Waals surface area contributed by atoms with Gasteiger partial charge in [0, 0.05) is 12.1 Å². The molecule has 4 heteroatoms. The molecule has 1 unspecified atom stereocenters. The third kappa shape index (κ3) is 1.55. The lowest BCUT2D eigenvalue weighted by Gasteiger charge is -2.34. The minimum absolute atomic E-state index is 0.0192. The summed E-state index contributed by atoms with van der Waals surface area (Å²) in [6.07, 6.45) is 0. The van der Waals surface area contributed by atoms with E-state index in [2.05, 4.69) is 5.32 Å². The van der Waals surface area contributed by atoms with E-state index in [1.54, 1.807) is 4.90 Å². The molecule has 2 N–H and O–H groups in total. The minimum atomic E-state index is -0.236. The molecular weight excluding hydrogens is 204 g/mol. The fourth-order valence-electron chi connectivity index (χ4n) is 2.07. The number of benzene rings is 1. The molecule has 1 atom stereocenters. The summed E-state index contributed by atoms with van der Waals surface area (Å²) in [7, 11) is 0. The second-order valence-electron chi connectivity index (χ2n) is 3.92.